The maximum atomic E-state index is 6.56. The zero-order chi connectivity index (χ0) is 29.0. The fourth-order valence-electron chi connectivity index (χ4n) is 7.12. The first-order valence-corrected chi connectivity index (χ1v) is 15.9. The topological polar surface area (TPSA) is 0 Å². The Morgan fingerprint density at radius 2 is 0.976 bits per heavy atom. The molecule has 0 unspecified atom stereocenters. The van der Waals surface area contributed by atoms with Crippen LogP contribution in [0, 0.1) is 13.8 Å². The van der Waals surface area contributed by atoms with Gasteiger partial charge in [0.05, 0.1) is 5.41 Å². The Morgan fingerprint density at radius 3 is 1.44 bits per heavy atom. The minimum Gasteiger partial charge on any atom is -0.0963 e. The van der Waals surface area contributed by atoms with Gasteiger partial charge in [-0.1, -0.05) is 147 Å². The molecule has 0 aromatic heterocycles. The summed E-state index contributed by atoms with van der Waals surface area (Å²) in [5.74, 6) is 0. The molecule has 0 saturated heterocycles. The SMILES string of the molecule is [B]c1ccc2c(c1)C(c1cc(C)cc(C)c1)(c1cc(CCCCCC)cc(CCCCCC)c1)c1cc([B])ccc1-2. The molecule has 0 fully saturated rings. The summed E-state index contributed by atoms with van der Waals surface area (Å²) >= 11 is 0. The largest absolute Gasteiger partial charge is 0.113 e. The molecule has 206 valence electrons. The lowest BCUT2D eigenvalue weighted by molar-refractivity contribution is 0.658. The van der Waals surface area contributed by atoms with E-state index in [0.717, 1.165) is 23.8 Å². The van der Waals surface area contributed by atoms with E-state index in [0.29, 0.717) is 0 Å². The molecule has 2 heteroatoms. The molecule has 0 amide bonds. The lowest BCUT2D eigenvalue weighted by atomic mass is 9.65. The van der Waals surface area contributed by atoms with E-state index in [4.69, 9.17) is 15.7 Å². The predicted octanol–water partition coefficient (Wildman–Crippen LogP) is 8.50. The van der Waals surface area contributed by atoms with Gasteiger partial charge in [0.1, 0.15) is 15.7 Å². The van der Waals surface area contributed by atoms with Crippen LogP contribution in [-0.4, -0.2) is 15.7 Å². The van der Waals surface area contributed by atoms with Crippen LogP contribution in [0.25, 0.3) is 11.1 Å². The van der Waals surface area contributed by atoms with Crippen molar-refractivity contribution in [1.29, 1.82) is 0 Å². The fourth-order valence-corrected chi connectivity index (χ4v) is 7.12. The molecule has 4 aromatic rings. The highest BCUT2D eigenvalue weighted by molar-refractivity contribution is 6.33. The third-order valence-electron chi connectivity index (χ3n) is 8.96. The van der Waals surface area contributed by atoms with Crippen LogP contribution in [0.5, 0.6) is 0 Å². The van der Waals surface area contributed by atoms with Gasteiger partial charge in [-0.15, -0.1) is 0 Å². The van der Waals surface area contributed by atoms with Crippen molar-refractivity contribution in [2.75, 3.05) is 0 Å². The summed E-state index contributed by atoms with van der Waals surface area (Å²) in [6, 6.07) is 27.5. The highest BCUT2D eigenvalue weighted by atomic mass is 14.5. The Balaban J connectivity index is 1.79. The fraction of sp³-hybridized carbons (Fsp3) is 0.385. The Kier molecular flexibility index (Phi) is 9.28. The van der Waals surface area contributed by atoms with E-state index in [1.165, 1.54) is 107 Å². The van der Waals surface area contributed by atoms with E-state index in [2.05, 4.69) is 88.4 Å². The van der Waals surface area contributed by atoms with E-state index in [1.54, 1.807) is 0 Å². The molecule has 41 heavy (non-hydrogen) atoms. The first kappa shape index (κ1) is 29.5. The van der Waals surface area contributed by atoms with Gasteiger partial charge in [-0.25, -0.2) is 0 Å². The average Bonchev–Trinajstić information content (AvgIpc) is 3.22. The van der Waals surface area contributed by atoms with Gasteiger partial charge in [-0.2, -0.15) is 0 Å². The number of unbranched alkanes of at least 4 members (excludes halogenated alkanes) is 6. The lowest BCUT2D eigenvalue weighted by Crippen LogP contribution is -2.31. The van der Waals surface area contributed by atoms with Crippen molar-refractivity contribution in [3.63, 3.8) is 0 Å². The van der Waals surface area contributed by atoms with Crippen LogP contribution < -0.4 is 10.9 Å². The Hall–Kier alpha value is -2.99. The molecule has 1 aliphatic carbocycles. The summed E-state index contributed by atoms with van der Waals surface area (Å²) < 4.78 is 0. The Labute approximate surface area is 251 Å². The van der Waals surface area contributed by atoms with Crippen LogP contribution in [0.15, 0.2) is 72.8 Å². The standard InChI is InChI=1S/C39H44B2/c1-5-7-9-11-13-29-22-30(14-12-10-8-6-2)24-32(23-29)39(31-20-27(3)19-28(4)21-31)37-25-33(40)15-17-35(37)36-18-16-34(41)26-38(36)39/h15-26H,5-14H2,1-4H3. The van der Waals surface area contributed by atoms with Gasteiger partial charge in [-0.05, 0) is 84.0 Å². The normalized spacial score (nSPS) is 13.3. The van der Waals surface area contributed by atoms with Crippen LogP contribution in [0.2, 0.25) is 0 Å². The van der Waals surface area contributed by atoms with Crippen molar-refractivity contribution in [2.45, 2.75) is 97.3 Å². The Bertz CT molecular complexity index is 1410. The number of rotatable bonds is 12. The number of benzene rings is 4. The molecular formula is C39H44B2. The van der Waals surface area contributed by atoms with E-state index in [-0.39, 0.29) is 0 Å². The second-order valence-electron chi connectivity index (χ2n) is 12.4. The van der Waals surface area contributed by atoms with Crippen molar-refractivity contribution in [3.05, 3.63) is 117 Å². The van der Waals surface area contributed by atoms with Gasteiger partial charge in [-0.3, -0.25) is 0 Å². The molecule has 4 aromatic carbocycles. The number of hydrogen-bond donors (Lipinski definition) is 0. The van der Waals surface area contributed by atoms with Gasteiger partial charge in [0.25, 0.3) is 0 Å². The molecule has 0 N–H and O–H groups in total. The summed E-state index contributed by atoms with van der Waals surface area (Å²) in [6.07, 6.45) is 12.4. The molecular weight excluding hydrogens is 490 g/mol. The Morgan fingerprint density at radius 1 is 0.512 bits per heavy atom. The number of fused-ring (bicyclic) bond motifs is 3. The van der Waals surface area contributed by atoms with Gasteiger partial charge >= 0.3 is 0 Å². The molecule has 4 radical (unpaired) electrons. The zero-order valence-electron chi connectivity index (χ0n) is 25.7. The summed E-state index contributed by atoms with van der Waals surface area (Å²) in [7, 11) is 13.1. The number of aryl methyl sites for hydroxylation is 4. The molecule has 1 aliphatic rings. The molecule has 0 aliphatic heterocycles. The molecule has 0 saturated carbocycles. The van der Waals surface area contributed by atoms with E-state index in [1.807, 2.05) is 12.1 Å². The molecule has 0 atom stereocenters. The molecule has 0 spiro atoms. The van der Waals surface area contributed by atoms with Crippen molar-refractivity contribution in [2.24, 2.45) is 0 Å². The van der Waals surface area contributed by atoms with E-state index < -0.39 is 5.41 Å². The van der Waals surface area contributed by atoms with Crippen LogP contribution in [0.3, 0.4) is 0 Å². The summed E-state index contributed by atoms with van der Waals surface area (Å²) in [5.41, 5.74) is 14.3. The predicted molar refractivity (Wildman–Crippen MR) is 180 cm³/mol. The van der Waals surface area contributed by atoms with Crippen LogP contribution in [0.1, 0.15) is 110 Å². The molecule has 0 heterocycles. The molecule has 0 nitrogen and oxygen atoms in total. The third-order valence-corrected chi connectivity index (χ3v) is 8.96. The van der Waals surface area contributed by atoms with Gasteiger partial charge in [0.15, 0.2) is 0 Å². The minimum atomic E-state index is -0.482. The minimum absolute atomic E-state index is 0.482. The van der Waals surface area contributed by atoms with Crippen LogP contribution >= 0.6 is 0 Å². The summed E-state index contributed by atoms with van der Waals surface area (Å²) in [6.45, 7) is 9.00. The molecule has 0 bridgehead atoms. The zero-order valence-corrected chi connectivity index (χ0v) is 25.7. The quantitative estimate of drug-likeness (QED) is 0.111. The van der Waals surface area contributed by atoms with Gasteiger partial charge in [0, 0.05) is 0 Å². The maximum absolute atomic E-state index is 6.56. The van der Waals surface area contributed by atoms with Crippen LogP contribution in [-0.2, 0) is 18.3 Å². The van der Waals surface area contributed by atoms with E-state index in [9.17, 15) is 0 Å². The van der Waals surface area contributed by atoms with Crippen molar-refractivity contribution in [3.8, 4) is 11.1 Å². The molecule has 5 rings (SSSR count). The first-order valence-electron chi connectivity index (χ1n) is 15.9. The van der Waals surface area contributed by atoms with Crippen molar-refractivity contribution < 1.29 is 0 Å². The highest BCUT2D eigenvalue weighted by Gasteiger charge is 2.46. The van der Waals surface area contributed by atoms with Gasteiger partial charge in [0.2, 0.25) is 0 Å². The monoisotopic (exact) mass is 534 g/mol. The van der Waals surface area contributed by atoms with Crippen molar-refractivity contribution >= 4 is 26.6 Å². The lowest BCUT2D eigenvalue weighted by Gasteiger charge is -2.35. The van der Waals surface area contributed by atoms with E-state index >= 15 is 0 Å². The second-order valence-corrected chi connectivity index (χ2v) is 12.4. The third kappa shape index (κ3) is 5.99. The van der Waals surface area contributed by atoms with Crippen LogP contribution in [0.4, 0.5) is 0 Å². The highest BCUT2D eigenvalue weighted by Crippen LogP contribution is 2.56. The second kappa shape index (κ2) is 12.9. The smallest absolute Gasteiger partial charge is 0.0963 e. The van der Waals surface area contributed by atoms with Crippen molar-refractivity contribution in [1.82, 2.24) is 0 Å². The summed E-state index contributed by atoms with van der Waals surface area (Å²) in [4.78, 5) is 0. The first-order chi connectivity index (χ1) is 19.9. The van der Waals surface area contributed by atoms with Gasteiger partial charge < -0.3 is 0 Å². The number of hydrogen-bond acceptors (Lipinski definition) is 0. The maximum Gasteiger partial charge on any atom is 0.113 e. The summed E-state index contributed by atoms with van der Waals surface area (Å²) in [5, 5.41) is 0. The average molecular weight is 534 g/mol.